The highest BCUT2D eigenvalue weighted by Gasteiger charge is 2.22. The quantitative estimate of drug-likeness (QED) is 0.684. The lowest BCUT2D eigenvalue weighted by Gasteiger charge is -2.29. The molecule has 1 saturated carbocycles. The van der Waals surface area contributed by atoms with Gasteiger partial charge in [-0.25, -0.2) is 0 Å². The number of unbranched alkanes of at least 4 members (excludes halogenated alkanes) is 1. The van der Waals surface area contributed by atoms with E-state index in [4.69, 9.17) is 10.5 Å². The van der Waals surface area contributed by atoms with Crippen LogP contribution >= 0.6 is 0 Å². The molecule has 1 aliphatic rings. The SMILES string of the molecule is CCCCC1CCC(Oc2ccc3cc(C(C)(C)N)ccc3c2)CC1. The zero-order valence-corrected chi connectivity index (χ0v) is 16.1. The molecule has 2 heteroatoms. The fraction of sp³-hybridized carbons (Fsp3) is 0.565. The third-order valence-corrected chi connectivity index (χ3v) is 5.62. The van der Waals surface area contributed by atoms with E-state index >= 15 is 0 Å². The van der Waals surface area contributed by atoms with Gasteiger partial charge in [0.2, 0.25) is 0 Å². The van der Waals surface area contributed by atoms with Crippen LogP contribution in [0.1, 0.15) is 71.3 Å². The molecule has 2 aromatic rings. The monoisotopic (exact) mass is 339 g/mol. The molecule has 0 heterocycles. The Balaban J connectivity index is 1.63. The van der Waals surface area contributed by atoms with Crippen molar-refractivity contribution in [2.75, 3.05) is 0 Å². The summed E-state index contributed by atoms with van der Waals surface area (Å²) in [5, 5.41) is 2.45. The molecule has 0 atom stereocenters. The molecule has 1 aliphatic carbocycles. The Morgan fingerprint density at radius 3 is 2.36 bits per heavy atom. The highest BCUT2D eigenvalue weighted by molar-refractivity contribution is 5.84. The molecule has 2 nitrogen and oxygen atoms in total. The summed E-state index contributed by atoms with van der Waals surface area (Å²) >= 11 is 0. The lowest BCUT2D eigenvalue weighted by Crippen LogP contribution is -2.28. The van der Waals surface area contributed by atoms with Crippen molar-refractivity contribution in [3.05, 3.63) is 42.0 Å². The Bertz CT molecular complexity index is 693. The van der Waals surface area contributed by atoms with E-state index < -0.39 is 0 Å². The first-order valence-corrected chi connectivity index (χ1v) is 9.95. The van der Waals surface area contributed by atoms with Gasteiger partial charge in [-0.15, -0.1) is 0 Å². The van der Waals surface area contributed by atoms with Crippen LogP contribution in [0.2, 0.25) is 0 Å². The minimum atomic E-state index is -0.306. The lowest BCUT2D eigenvalue weighted by atomic mass is 9.84. The second-order valence-electron chi connectivity index (χ2n) is 8.35. The molecule has 0 saturated heterocycles. The number of ether oxygens (including phenoxy) is 1. The molecule has 3 rings (SSSR count). The molecule has 2 N–H and O–H groups in total. The van der Waals surface area contributed by atoms with Crippen molar-refractivity contribution in [1.29, 1.82) is 0 Å². The van der Waals surface area contributed by atoms with E-state index in [2.05, 4.69) is 43.3 Å². The minimum Gasteiger partial charge on any atom is -0.490 e. The maximum atomic E-state index is 6.29. The van der Waals surface area contributed by atoms with Gasteiger partial charge in [0.1, 0.15) is 5.75 Å². The van der Waals surface area contributed by atoms with Gasteiger partial charge in [-0.1, -0.05) is 44.4 Å². The predicted octanol–water partition coefficient (Wildman–Crippen LogP) is 6.16. The number of benzene rings is 2. The Morgan fingerprint density at radius 1 is 1.00 bits per heavy atom. The predicted molar refractivity (Wildman–Crippen MR) is 107 cm³/mol. The summed E-state index contributed by atoms with van der Waals surface area (Å²) in [5.41, 5.74) is 7.08. The van der Waals surface area contributed by atoms with Crippen LogP contribution in [0, 0.1) is 5.92 Å². The van der Waals surface area contributed by atoms with E-state index in [0.717, 1.165) is 11.7 Å². The maximum absolute atomic E-state index is 6.29. The van der Waals surface area contributed by atoms with Crippen molar-refractivity contribution < 1.29 is 4.74 Å². The van der Waals surface area contributed by atoms with Gasteiger partial charge in [0.15, 0.2) is 0 Å². The van der Waals surface area contributed by atoms with E-state index in [1.165, 1.54) is 61.3 Å². The van der Waals surface area contributed by atoms with Gasteiger partial charge in [0.25, 0.3) is 0 Å². The van der Waals surface area contributed by atoms with Gasteiger partial charge < -0.3 is 10.5 Å². The largest absolute Gasteiger partial charge is 0.490 e. The highest BCUT2D eigenvalue weighted by atomic mass is 16.5. The minimum absolute atomic E-state index is 0.306. The van der Waals surface area contributed by atoms with Gasteiger partial charge in [-0.05, 0) is 80.0 Å². The summed E-state index contributed by atoms with van der Waals surface area (Å²) in [7, 11) is 0. The first kappa shape index (κ1) is 18.3. The van der Waals surface area contributed by atoms with Crippen LogP contribution in [-0.2, 0) is 5.54 Å². The van der Waals surface area contributed by atoms with Crippen LogP contribution in [0.4, 0.5) is 0 Å². The molecule has 25 heavy (non-hydrogen) atoms. The third kappa shape index (κ3) is 4.76. The maximum Gasteiger partial charge on any atom is 0.120 e. The van der Waals surface area contributed by atoms with Crippen LogP contribution in [0.15, 0.2) is 36.4 Å². The Hall–Kier alpha value is -1.54. The second-order valence-corrected chi connectivity index (χ2v) is 8.35. The Morgan fingerprint density at radius 2 is 1.68 bits per heavy atom. The first-order chi connectivity index (χ1) is 12.0. The zero-order valence-electron chi connectivity index (χ0n) is 16.1. The van der Waals surface area contributed by atoms with E-state index in [1.807, 2.05) is 13.8 Å². The lowest BCUT2D eigenvalue weighted by molar-refractivity contribution is 0.128. The van der Waals surface area contributed by atoms with Crippen molar-refractivity contribution in [3.63, 3.8) is 0 Å². The average molecular weight is 340 g/mol. The molecule has 0 aliphatic heterocycles. The molecule has 0 spiro atoms. The zero-order chi connectivity index (χ0) is 17.9. The third-order valence-electron chi connectivity index (χ3n) is 5.62. The van der Waals surface area contributed by atoms with E-state index in [0.29, 0.717) is 6.10 Å². The van der Waals surface area contributed by atoms with Crippen LogP contribution < -0.4 is 10.5 Å². The van der Waals surface area contributed by atoms with Crippen LogP contribution in [0.5, 0.6) is 5.75 Å². The second kappa shape index (κ2) is 7.78. The molecular formula is C23H33NO. The molecule has 0 radical (unpaired) electrons. The summed E-state index contributed by atoms with van der Waals surface area (Å²) in [5.74, 6) is 1.93. The fourth-order valence-electron chi connectivity index (χ4n) is 3.92. The number of rotatable bonds is 6. The fourth-order valence-corrected chi connectivity index (χ4v) is 3.92. The molecular weight excluding hydrogens is 306 g/mol. The van der Waals surface area contributed by atoms with E-state index in [9.17, 15) is 0 Å². The Labute approximate surface area is 152 Å². The molecule has 0 amide bonds. The van der Waals surface area contributed by atoms with Gasteiger partial charge in [0, 0.05) is 5.54 Å². The normalized spacial score (nSPS) is 21.4. The smallest absolute Gasteiger partial charge is 0.120 e. The van der Waals surface area contributed by atoms with Crippen molar-refractivity contribution in [1.82, 2.24) is 0 Å². The van der Waals surface area contributed by atoms with Crippen LogP contribution in [0.25, 0.3) is 10.8 Å². The summed E-state index contributed by atoms with van der Waals surface area (Å²) in [6, 6.07) is 12.9. The molecule has 2 aromatic carbocycles. The topological polar surface area (TPSA) is 35.2 Å². The molecule has 136 valence electrons. The van der Waals surface area contributed by atoms with E-state index in [-0.39, 0.29) is 5.54 Å². The standard InChI is InChI=1S/C23H33NO/c1-4-5-6-17-7-12-21(13-8-17)25-22-14-10-18-15-20(23(2,3)24)11-9-19(18)16-22/h9-11,14-17,21H,4-8,12-13,24H2,1-3H3. The van der Waals surface area contributed by atoms with E-state index in [1.54, 1.807) is 0 Å². The van der Waals surface area contributed by atoms with Gasteiger partial charge in [-0.3, -0.25) is 0 Å². The van der Waals surface area contributed by atoms with Gasteiger partial charge in [-0.2, -0.15) is 0 Å². The molecule has 0 aromatic heterocycles. The highest BCUT2D eigenvalue weighted by Crippen LogP contribution is 2.32. The van der Waals surface area contributed by atoms with Gasteiger partial charge >= 0.3 is 0 Å². The summed E-state index contributed by atoms with van der Waals surface area (Å²) in [6.07, 6.45) is 9.54. The summed E-state index contributed by atoms with van der Waals surface area (Å²) < 4.78 is 6.29. The van der Waals surface area contributed by atoms with Crippen LogP contribution in [0.3, 0.4) is 0 Å². The molecule has 0 bridgehead atoms. The summed E-state index contributed by atoms with van der Waals surface area (Å²) in [4.78, 5) is 0. The van der Waals surface area contributed by atoms with Crippen molar-refractivity contribution in [3.8, 4) is 5.75 Å². The molecule has 1 fully saturated rings. The number of nitrogens with two attached hydrogens (primary N) is 1. The number of hydrogen-bond acceptors (Lipinski definition) is 2. The summed E-state index contributed by atoms with van der Waals surface area (Å²) in [6.45, 7) is 6.37. The molecule has 0 unspecified atom stereocenters. The van der Waals surface area contributed by atoms with Crippen molar-refractivity contribution in [2.24, 2.45) is 11.7 Å². The van der Waals surface area contributed by atoms with Crippen LogP contribution in [-0.4, -0.2) is 6.10 Å². The first-order valence-electron chi connectivity index (χ1n) is 9.95. The van der Waals surface area contributed by atoms with Crippen molar-refractivity contribution in [2.45, 2.75) is 77.4 Å². The Kier molecular flexibility index (Phi) is 5.68. The average Bonchev–Trinajstić information content (AvgIpc) is 2.60. The van der Waals surface area contributed by atoms with Gasteiger partial charge in [0.05, 0.1) is 6.10 Å². The number of fused-ring (bicyclic) bond motifs is 1. The number of hydrogen-bond donors (Lipinski definition) is 1. The van der Waals surface area contributed by atoms with Crippen molar-refractivity contribution >= 4 is 10.8 Å².